The number of allylic oxidation sites excluding steroid dienone is 1. The molecule has 0 saturated carbocycles. The second-order valence-electron chi connectivity index (χ2n) is 12.7. The Morgan fingerprint density at radius 2 is 1.72 bits per heavy atom. The van der Waals surface area contributed by atoms with Crippen LogP contribution in [-0.4, -0.2) is 82.6 Å². The molecule has 0 aromatic heterocycles. The molecular formula is C37H43N3O7. The molecule has 4 heterocycles. The lowest BCUT2D eigenvalue weighted by Gasteiger charge is -2.38. The van der Waals surface area contributed by atoms with Gasteiger partial charge in [-0.1, -0.05) is 105 Å². The maximum Gasteiger partial charge on any atom is 0.313 e. The summed E-state index contributed by atoms with van der Waals surface area (Å²) in [5.41, 5.74) is -0.104. The van der Waals surface area contributed by atoms with Crippen LogP contribution in [0.25, 0.3) is 0 Å². The summed E-state index contributed by atoms with van der Waals surface area (Å²) in [7, 11) is 0. The third kappa shape index (κ3) is 6.24. The molecular weight excluding hydrogens is 598 g/mol. The SMILES string of the molecule is CCCCCN1CC=C[C@@]23O[C@H]4/C=C\CCC(=O)NC[C@H](c5ccccc5)OC(=O)[C@H]4[C@@H]2C(=O)N([C@H](CO)c2ccccc2)[C@H]3C1=O. The van der Waals surface area contributed by atoms with Crippen LogP contribution in [0.4, 0.5) is 0 Å². The van der Waals surface area contributed by atoms with Gasteiger partial charge in [-0.15, -0.1) is 0 Å². The maximum atomic E-state index is 14.9. The van der Waals surface area contributed by atoms with E-state index in [-0.39, 0.29) is 24.8 Å². The molecule has 4 aliphatic heterocycles. The van der Waals surface area contributed by atoms with Crippen LogP contribution in [-0.2, 0) is 28.7 Å². The van der Waals surface area contributed by atoms with E-state index in [1.54, 1.807) is 23.1 Å². The van der Waals surface area contributed by atoms with Crippen molar-refractivity contribution < 1.29 is 33.8 Å². The van der Waals surface area contributed by atoms with Crippen molar-refractivity contribution in [2.45, 2.75) is 68.9 Å². The van der Waals surface area contributed by atoms with E-state index in [1.807, 2.05) is 66.7 Å². The number of nitrogens with one attached hydrogen (secondary N) is 1. The van der Waals surface area contributed by atoms with Crippen LogP contribution in [0, 0.1) is 11.8 Å². The maximum absolute atomic E-state index is 14.9. The van der Waals surface area contributed by atoms with Gasteiger partial charge in [0.2, 0.25) is 17.7 Å². The van der Waals surface area contributed by atoms with Crippen LogP contribution in [0.5, 0.6) is 0 Å². The molecule has 4 aliphatic rings. The van der Waals surface area contributed by atoms with Gasteiger partial charge in [0.15, 0.2) is 0 Å². The molecule has 0 unspecified atom stereocenters. The van der Waals surface area contributed by atoms with E-state index >= 15 is 0 Å². The van der Waals surface area contributed by atoms with Gasteiger partial charge >= 0.3 is 5.97 Å². The molecule has 7 atom stereocenters. The molecule has 2 saturated heterocycles. The fourth-order valence-corrected chi connectivity index (χ4v) is 7.51. The molecule has 0 aliphatic carbocycles. The van der Waals surface area contributed by atoms with E-state index in [2.05, 4.69) is 12.2 Å². The van der Waals surface area contributed by atoms with Crippen molar-refractivity contribution in [3.05, 3.63) is 96.1 Å². The highest BCUT2D eigenvalue weighted by atomic mass is 16.6. The summed E-state index contributed by atoms with van der Waals surface area (Å²) in [6, 6.07) is 16.3. The molecule has 2 aromatic carbocycles. The average molecular weight is 642 g/mol. The van der Waals surface area contributed by atoms with E-state index in [9.17, 15) is 24.3 Å². The van der Waals surface area contributed by atoms with Crippen LogP contribution in [0.1, 0.15) is 62.3 Å². The largest absolute Gasteiger partial charge is 0.455 e. The number of esters is 1. The lowest BCUT2D eigenvalue weighted by molar-refractivity contribution is -0.160. The number of unbranched alkanes of at least 4 members (excludes halogenated alkanes) is 2. The number of nitrogens with zero attached hydrogens (tertiary/aromatic N) is 2. The minimum Gasteiger partial charge on any atom is -0.455 e. The minimum absolute atomic E-state index is 0.0702. The smallest absolute Gasteiger partial charge is 0.313 e. The first kappa shape index (κ1) is 32.7. The molecule has 0 bridgehead atoms. The molecule has 10 nitrogen and oxygen atoms in total. The van der Waals surface area contributed by atoms with Crippen LogP contribution in [0.3, 0.4) is 0 Å². The number of rotatable bonds is 8. The van der Waals surface area contributed by atoms with Crippen molar-refractivity contribution in [2.75, 3.05) is 26.2 Å². The average Bonchev–Trinajstić information content (AvgIpc) is 3.48. The van der Waals surface area contributed by atoms with Gasteiger partial charge in [-0.2, -0.15) is 0 Å². The summed E-state index contributed by atoms with van der Waals surface area (Å²) in [5, 5.41) is 13.6. The van der Waals surface area contributed by atoms with E-state index in [4.69, 9.17) is 9.47 Å². The molecule has 2 fully saturated rings. The van der Waals surface area contributed by atoms with Crippen molar-refractivity contribution in [2.24, 2.45) is 11.8 Å². The number of hydrogen-bond acceptors (Lipinski definition) is 7. The second kappa shape index (κ2) is 14.2. The number of fused-ring (bicyclic) bond motifs is 2. The Morgan fingerprint density at radius 1 is 0.979 bits per heavy atom. The number of benzene rings is 2. The Hall–Kier alpha value is -4.28. The normalized spacial score (nSPS) is 30.6. The minimum atomic E-state index is -1.48. The Morgan fingerprint density at radius 3 is 2.45 bits per heavy atom. The summed E-state index contributed by atoms with van der Waals surface area (Å²) in [5.74, 6) is -3.70. The van der Waals surface area contributed by atoms with Gasteiger partial charge in [-0.25, -0.2) is 0 Å². The number of likely N-dealkylation sites (tertiary alicyclic amines) is 1. The number of aliphatic hydroxyl groups is 1. The summed E-state index contributed by atoms with van der Waals surface area (Å²) < 4.78 is 13.0. The van der Waals surface area contributed by atoms with Gasteiger partial charge in [0.1, 0.15) is 23.7 Å². The quantitative estimate of drug-likeness (QED) is 0.256. The monoisotopic (exact) mass is 641 g/mol. The summed E-state index contributed by atoms with van der Waals surface area (Å²) in [6.07, 6.45) is 8.88. The summed E-state index contributed by atoms with van der Waals surface area (Å²) in [4.78, 5) is 59.6. The highest BCUT2D eigenvalue weighted by molar-refractivity contribution is 5.99. The predicted octanol–water partition coefficient (Wildman–Crippen LogP) is 3.64. The Kier molecular flexibility index (Phi) is 9.89. The zero-order valence-corrected chi connectivity index (χ0v) is 26.7. The number of aliphatic hydroxyl groups excluding tert-OH is 1. The zero-order valence-electron chi connectivity index (χ0n) is 26.7. The van der Waals surface area contributed by atoms with Crippen LogP contribution >= 0.6 is 0 Å². The number of amides is 3. The zero-order chi connectivity index (χ0) is 33.0. The Bertz CT molecular complexity index is 1510. The second-order valence-corrected chi connectivity index (χ2v) is 12.7. The number of ether oxygens (including phenoxy) is 2. The molecule has 6 rings (SSSR count). The number of carbonyl (C=O) groups excluding carboxylic acids is 4. The van der Waals surface area contributed by atoms with Gasteiger partial charge in [0.25, 0.3) is 0 Å². The van der Waals surface area contributed by atoms with Gasteiger partial charge in [-0.05, 0) is 24.0 Å². The number of carbonyl (C=O) groups is 4. The van der Waals surface area contributed by atoms with Crippen LogP contribution in [0.2, 0.25) is 0 Å². The molecule has 248 valence electrons. The number of cyclic esters (lactones) is 1. The van der Waals surface area contributed by atoms with Gasteiger partial charge in [0.05, 0.1) is 31.2 Å². The lowest BCUT2D eigenvalue weighted by Crippen LogP contribution is -2.56. The van der Waals surface area contributed by atoms with Crippen molar-refractivity contribution in [1.82, 2.24) is 15.1 Å². The molecule has 1 spiro atoms. The first-order valence-corrected chi connectivity index (χ1v) is 16.7. The Balaban J connectivity index is 1.45. The fourth-order valence-electron chi connectivity index (χ4n) is 7.51. The van der Waals surface area contributed by atoms with Crippen LogP contribution in [0.15, 0.2) is 85.0 Å². The first-order valence-electron chi connectivity index (χ1n) is 16.7. The number of hydrogen-bond donors (Lipinski definition) is 2. The lowest BCUT2D eigenvalue weighted by atomic mass is 9.78. The molecule has 2 aromatic rings. The molecule has 47 heavy (non-hydrogen) atoms. The predicted molar refractivity (Wildman–Crippen MR) is 173 cm³/mol. The fraction of sp³-hybridized carbons (Fsp3) is 0.459. The van der Waals surface area contributed by atoms with E-state index < -0.39 is 60.2 Å². The highest BCUT2D eigenvalue weighted by Crippen LogP contribution is 2.55. The van der Waals surface area contributed by atoms with Crippen molar-refractivity contribution >= 4 is 23.7 Å². The summed E-state index contributed by atoms with van der Waals surface area (Å²) in [6.45, 7) is 2.60. The standard InChI is InChI=1S/C37H43N3O7/c1-2-3-12-21-39-22-13-20-37-32(34(43)40(33(37)35(39)44)27(24-41)25-14-6-4-7-15-25)31-28(47-37)18-10-11-19-30(42)38-23-29(46-36(31)45)26-16-8-5-9-17-26/h4-10,13-18,20,27-29,31-33,41H,2-3,11-12,19,21-24H2,1H3,(H,38,42)/b18-10-/t27-,28+,29-,31-,32-,33+,37-/m1/s1. The van der Waals surface area contributed by atoms with E-state index in [1.165, 1.54) is 4.90 Å². The van der Waals surface area contributed by atoms with Gasteiger partial charge in [-0.3, -0.25) is 19.2 Å². The first-order chi connectivity index (χ1) is 22.9. The summed E-state index contributed by atoms with van der Waals surface area (Å²) >= 11 is 0. The third-order valence-electron chi connectivity index (χ3n) is 9.79. The van der Waals surface area contributed by atoms with Crippen molar-refractivity contribution in [3.63, 3.8) is 0 Å². The topological polar surface area (TPSA) is 125 Å². The third-order valence-corrected chi connectivity index (χ3v) is 9.79. The van der Waals surface area contributed by atoms with E-state index in [0.717, 1.165) is 19.3 Å². The van der Waals surface area contributed by atoms with Crippen molar-refractivity contribution in [1.29, 1.82) is 0 Å². The van der Waals surface area contributed by atoms with Crippen molar-refractivity contribution in [3.8, 4) is 0 Å². The van der Waals surface area contributed by atoms with Crippen LogP contribution < -0.4 is 5.32 Å². The Labute approximate surface area is 275 Å². The van der Waals surface area contributed by atoms with E-state index in [0.29, 0.717) is 30.6 Å². The van der Waals surface area contributed by atoms with Gasteiger partial charge in [0, 0.05) is 19.5 Å². The molecule has 3 amide bonds. The molecule has 10 heteroatoms. The molecule has 0 radical (unpaired) electrons. The molecule has 2 N–H and O–H groups in total. The van der Waals surface area contributed by atoms with Gasteiger partial charge < -0.3 is 29.7 Å². The highest BCUT2D eigenvalue weighted by Gasteiger charge is 2.72.